The SMILES string of the molecule is C/C=C(\C=C/CC)c1ccccc1.C/C=c1/ccc2ccc(C)c3ccc(C)c1c23.C=C.CC.CC. The van der Waals surface area contributed by atoms with Gasteiger partial charge in [-0.2, -0.15) is 0 Å². The lowest BCUT2D eigenvalue weighted by atomic mass is 9.93. The fourth-order valence-corrected chi connectivity index (χ4v) is 3.97. The smallest absolute Gasteiger partial charge is 0.00276 e. The molecule has 0 aliphatic heterocycles. The highest BCUT2D eigenvalue weighted by Gasteiger charge is 2.07. The van der Waals surface area contributed by atoms with Crippen molar-refractivity contribution in [1.29, 1.82) is 0 Å². The molecule has 4 aromatic carbocycles. The van der Waals surface area contributed by atoms with E-state index in [0.717, 1.165) is 6.42 Å². The fraction of sp³-hybridized carbons (Fsp3) is 0.278. The highest BCUT2D eigenvalue weighted by Crippen LogP contribution is 2.29. The van der Waals surface area contributed by atoms with Gasteiger partial charge in [0.2, 0.25) is 0 Å². The molecule has 0 spiro atoms. The van der Waals surface area contributed by atoms with Gasteiger partial charge >= 0.3 is 0 Å². The zero-order chi connectivity index (χ0) is 27.5. The molecule has 36 heavy (non-hydrogen) atoms. The molecule has 0 fully saturated rings. The first-order chi connectivity index (χ1) is 17.6. The van der Waals surface area contributed by atoms with Gasteiger partial charge in [-0.15, -0.1) is 13.2 Å². The standard InChI is InChI=1S/C17H16.C13H16.2C2H6.C2H4/c1-4-13-8-9-14-7-5-11(2)15-10-6-12(3)16(13)17(14)15;1-3-5-9-12(4-2)13-10-7-6-8-11-13;3*1-2/h4-10H,1-3H3;4-11H,3H2,1-2H3;2*1-2H3;1-2H2/b13-4-;9-5-,12-4+;;;. The van der Waals surface area contributed by atoms with E-state index in [1.165, 1.54) is 49.0 Å². The normalized spacial score (nSPS) is 10.9. The van der Waals surface area contributed by atoms with Crippen LogP contribution in [0.5, 0.6) is 0 Å². The number of allylic oxidation sites excluding steroid dienone is 4. The molecule has 0 saturated heterocycles. The molecule has 0 saturated carbocycles. The van der Waals surface area contributed by atoms with Gasteiger partial charge in [0.1, 0.15) is 0 Å². The van der Waals surface area contributed by atoms with Crippen molar-refractivity contribution in [1.82, 2.24) is 0 Å². The van der Waals surface area contributed by atoms with E-state index in [2.05, 4.69) is 133 Å². The summed E-state index contributed by atoms with van der Waals surface area (Å²) in [5.74, 6) is 0. The largest absolute Gasteiger partial charge is 0.106 e. The van der Waals surface area contributed by atoms with Crippen molar-refractivity contribution in [3.8, 4) is 0 Å². The van der Waals surface area contributed by atoms with Crippen molar-refractivity contribution in [2.75, 3.05) is 0 Å². The summed E-state index contributed by atoms with van der Waals surface area (Å²) >= 11 is 0. The highest BCUT2D eigenvalue weighted by molar-refractivity contribution is 6.12. The summed E-state index contributed by atoms with van der Waals surface area (Å²) in [6.07, 6.45) is 9.78. The minimum atomic E-state index is 1.09. The first kappa shape index (κ1) is 32.6. The number of hydrogen-bond acceptors (Lipinski definition) is 0. The van der Waals surface area contributed by atoms with Crippen LogP contribution in [0, 0.1) is 13.8 Å². The van der Waals surface area contributed by atoms with Crippen LogP contribution in [0.1, 0.15) is 71.6 Å². The van der Waals surface area contributed by atoms with Gasteiger partial charge in [-0.25, -0.2) is 0 Å². The molecule has 0 aliphatic rings. The third kappa shape index (κ3) is 8.68. The number of benzene rings is 4. The van der Waals surface area contributed by atoms with Crippen LogP contribution in [0.3, 0.4) is 0 Å². The maximum atomic E-state index is 3.00. The molecule has 4 rings (SSSR count). The molecule has 0 aromatic heterocycles. The molecule has 0 heterocycles. The Kier molecular flexibility index (Phi) is 17.1. The van der Waals surface area contributed by atoms with Crippen LogP contribution in [0.2, 0.25) is 0 Å². The molecular formula is C36H48. The molecule has 0 nitrogen and oxygen atoms in total. The second kappa shape index (κ2) is 18.9. The Labute approximate surface area is 221 Å². The van der Waals surface area contributed by atoms with Crippen LogP contribution >= 0.6 is 0 Å². The van der Waals surface area contributed by atoms with Gasteiger partial charge < -0.3 is 0 Å². The molecule has 0 radical (unpaired) electrons. The summed E-state index contributed by atoms with van der Waals surface area (Å²) in [7, 11) is 0. The number of hydrogen-bond donors (Lipinski definition) is 0. The average molecular weight is 481 g/mol. The average Bonchev–Trinajstić information content (AvgIpc) is 2.96. The lowest BCUT2D eigenvalue weighted by Gasteiger charge is -2.11. The summed E-state index contributed by atoms with van der Waals surface area (Å²) in [6.45, 7) is 24.7. The Bertz CT molecular complexity index is 1250. The Hall–Kier alpha value is -3.38. The van der Waals surface area contributed by atoms with Crippen LogP contribution < -0.4 is 5.22 Å². The zero-order valence-corrected chi connectivity index (χ0v) is 24.3. The molecule has 192 valence electrons. The van der Waals surface area contributed by atoms with Crippen LogP contribution in [0.25, 0.3) is 33.2 Å². The van der Waals surface area contributed by atoms with E-state index >= 15 is 0 Å². The van der Waals surface area contributed by atoms with E-state index in [1.54, 1.807) is 0 Å². The Morgan fingerprint density at radius 1 is 0.722 bits per heavy atom. The monoisotopic (exact) mass is 480 g/mol. The van der Waals surface area contributed by atoms with E-state index in [0.29, 0.717) is 0 Å². The van der Waals surface area contributed by atoms with Crippen molar-refractivity contribution in [2.24, 2.45) is 0 Å². The molecule has 0 amide bonds. The van der Waals surface area contributed by atoms with Crippen LogP contribution in [-0.2, 0) is 0 Å². The first-order valence-corrected chi connectivity index (χ1v) is 13.4. The lowest BCUT2D eigenvalue weighted by molar-refractivity contribution is 1.22. The predicted octanol–water partition coefficient (Wildman–Crippen LogP) is 11.0. The Balaban J connectivity index is 0.000000579. The van der Waals surface area contributed by atoms with Gasteiger partial charge in [-0.05, 0) is 83.1 Å². The van der Waals surface area contributed by atoms with E-state index in [9.17, 15) is 0 Å². The second-order valence-electron chi connectivity index (χ2n) is 7.65. The Morgan fingerprint density at radius 3 is 1.86 bits per heavy atom. The highest BCUT2D eigenvalue weighted by atomic mass is 14.1. The van der Waals surface area contributed by atoms with E-state index in [1.807, 2.05) is 33.8 Å². The van der Waals surface area contributed by atoms with Gasteiger partial charge in [0.25, 0.3) is 0 Å². The third-order valence-electron chi connectivity index (χ3n) is 5.63. The first-order valence-electron chi connectivity index (χ1n) is 13.4. The molecule has 0 atom stereocenters. The molecule has 0 heteroatoms. The lowest BCUT2D eigenvalue weighted by Crippen LogP contribution is -2.03. The Morgan fingerprint density at radius 2 is 1.31 bits per heavy atom. The summed E-state index contributed by atoms with van der Waals surface area (Å²) < 4.78 is 0. The summed E-state index contributed by atoms with van der Waals surface area (Å²) in [6, 6.07) is 23.8. The molecule has 0 bridgehead atoms. The number of aryl methyl sites for hydroxylation is 2. The summed E-state index contributed by atoms with van der Waals surface area (Å²) in [5.41, 5.74) is 5.30. The minimum absolute atomic E-state index is 1.09. The molecule has 4 aromatic rings. The van der Waals surface area contributed by atoms with E-state index < -0.39 is 0 Å². The number of rotatable bonds is 3. The van der Waals surface area contributed by atoms with Crippen molar-refractivity contribution in [2.45, 2.75) is 68.7 Å². The summed E-state index contributed by atoms with van der Waals surface area (Å²) in [5, 5.41) is 6.89. The fourth-order valence-electron chi connectivity index (χ4n) is 3.97. The van der Waals surface area contributed by atoms with Crippen molar-refractivity contribution >= 4 is 33.2 Å². The minimum Gasteiger partial charge on any atom is -0.106 e. The van der Waals surface area contributed by atoms with Crippen molar-refractivity contribution in [3.05, 3.63) is 120 Å². The van der Waals surface area contributed by atoms with E-state index in [-0.39, 0.29) is 0 Å². The van der Waals surface area contributed by atoms with Crippen LogP contribution in [0.15, 0.2) is 98.1 Å². The molecular weight excluding hydrogens is 432 g/mol. The predicted molar refractivity (Wildman–Crippen MR) is 170 cm³/mol. The quantitative estimate of drug-likeness (QED) is 0.202. The van der Waals surface area contributed by atoms with E-state index in [4.69, 9.17) is 0 Å². The van der Waals surface area contributed by atoms with Crippen molar-refractivity contribution in [3.63, 3.8) is 0 Å². The maximum absolute atomic E-state index is 3.00. The summed E-state index contributed by atoms with van der Waals surface area (Å²) in [4.78, 5) is 0. The van der Waals surface area contributed by atoms with Gasteiger partial charge in [-0.1, -0.05) is 126 Å². The molecule has 0 unspecified atom stereocenters. The van der Waals surface area contributed by atoms with Gasteiger partial charge in [0, 0.05) is 0 Å². The molecule has 0 aliphatic carbocycles. The zero-order valence-electron chi connectivity index (χ0n) is 24.3. The van der Waals surface area contributed by atoms with Gasteiger partial charge in [0.15, 0.2) is 0 Å². The van der Waals surface area contributed by atoms with Gasteiger partial charge in [0.05, 0.1) is 0 Å². The second-order valence-corrected chi connectivity index (χ2v) is 7.65. The van der Waals surface area contributed by atoms with Gasteiger partial charge in [-0.3, -0.25) is 0 Å². The maximum Gasteiger partial charge on any atom is -0.00276 e. The van der Waals surface area contributed by atoms with Crippen molar-refractivity contribution < 1.29 is 0 Å². The topological polar surface area (TPSA) is 0 Å². The third-order valence-corrected chi connectivity index (χ3v) is 5.63. The van der Waals surface area contributed by atoms with Crippen LogP contribution in [-0.4, -0.2) is 0 Å². The van der Waals surface area contributed by atoms with Crippen LogP contribution in [0.4, 0.5) is 0 Å². The molecule has 0 N–H and O–H groups in total.